The molecule has 1 aromatic heterocycles. The summed E-state index contributed by atoms with van der Waals surface area (Å²) in [6.07, 6.45) is 0. The molecule has 8 nitrogen and oxygen atoms in total. The highest BCUT2D eigenvalue weighted by Crippen LogP contribution is 2.08. The Labute approximate surface area is 108 Å². The van der Waals surface area contributed by atoms with Gasteiger partial charge in [-0.05, 0) is 13.8 Å². The van der Waals surface area contributed by atoms with Gasteiger partial charge < -0.3 is 14.6 Å². The Hall–Kier alpha value is -2.38. The van der Waals surface area contributed by atoms with Crippen LogP contribution in [0.1, 0.15) is 34.8 Å². The first kappa shape index (κ1) is 14.7. The lowest BCUT2D eigenvalue weighted by Gasteiger charge is -2.03. The second-order valence-corrected chi connectivity index (χ2v) is 3.41. The molecule has 0 spiro atoms. The van der Waals surface area contributed by atoms with Crippen LogP contribution in [0.25, 0.3) is 0 Å². The van der Waals surface area contributed by atoms with Crippen LogP contribution < -0.4 is 0 Å². The molecule has 0 atom stereocenters. The monoisotopic (exact) mass is 270 g/mol. The lowest BCUT2D eigenvalue weighted by Crippen LogP contribution is -2.18. The molecule has 0 aromatic carbocycles. The van der Waals surface area contributed by atoms with Crippen LogP contribution in [0.3, 0.4) is 0 Å². The van der Waals surface area contributed by atoms with E-state index in [1.54, 1.807) is 13.8 Å². The van der Waals surface area contributed by atoms with Crippen molar-refractivity contribution in [2.24, 2.45) is 0 Å². The van der Waals surface area contributed by atoms with E-state index in [-0.39, 0.29) is 24.6 Å². The molecule has 8 heteroatoms. The third-order valence-electron chi connectivity index (χ3n) is 2.03. The van der Waals surface area contributed by atoms with Crippen molar-refractivity contribution >= 4 is 17.9 Å². The SMILES string of the molecule is CCOC(=O)c1cc(C(=O)OCC)n(CC(=O)O)n1. The van der Waals surface area contributed by atoms with Gasteiger partial charge in [-0.1, -0.05) is 0 Å². The van der Waals surface area contributed by atoms with Crippen molar-refractivity contribution in [1.82, 2.24) is 9.78 Å². The van der Waals surface area contributed by atoms with Crippen LogP contribution in [0.4, 0.5) is 0 Å². The Bertz CT molecular complexity index is 493. The summed E-state index contributed by atoms with van der Waals surface area (Å²) < 4.78 is 10.4. The van der Waals surface area contributed by atoms with E-state index >= 15 is 0 Å². The van der Waals surface area contributed by atoms with Crippen LogP contribution in [0, 0.1) is 0 Å². The average Bonchev–Trinajstić information content (AvgIpc) is 2.73. The molecule has 0 amide bonds. The van der Waals surface area contributed by atoms with Crippen LogP contribution in [0.2, 0.25) is 0 Å². The maximum atomic E-state index is 11.6. The molecule has 0 saturated carbocycles. The van der Waals surface area contributed by atoms with Crippen LogP contribution in [-0.4, -0.2) is 46.0 Å². The summed E-state index contributed by atoms with van der Waals surface area (Å²) in [5.41, 5.74) is -0.238. The fraction of sp³-hybridized carbons (Fsp3) is 0.455. The van der Waals surface area contributed by atoms with Crippen LogP contribution in [-0.2, 0) is 20.8 Å². The van der Waals surface area contributed by atoms with Crippen LogP contribution in [0.5, 0.6) is 0 Å². The lowest BCUT2D eigenvalue weighted by atomic mass is 10.3. The van der Waals surface area contributed by atoms with Gasteiger partial charge in [-0.15, -0.1) is 0 Å². The Morgan fingerprint density at radius 3 is 2.32 bits per heavy atom. The van der Waals surface area contributed by atoms with E-state index in [2.05, 4.69) is 5.10 Å². The number of carboxylic acid groups (broad SMARTS) is 1. The summed E-state index contributed by atoms with van der Waals surface area (Å²) in [6, 6.07) is 1.15. The quantitative estimate of drug-likeness (QED) is 0.741. The summed E-state index contributed by atoms with van der Waals surface area (Å²) in [7, 11) is 0. The summed E-state index contributed by atoms with van der Waals surface area (Å²) in [6.45, 7) is 2.97. The number of rotatable bonds is 6. The minimum absolute atomic E-state index is 0.104. The Balaban J connectivity index is 3.08. The lowest BCUT2D eigenvalue weighted by molar-refractivity contribution is -0.137. The molecule has 0 fully saturated rings. The first-order valence-electron chi connectivity index (χ1n) is 5.63. The van der Waals surface area contributed by atoms with Crippen molar-refractivity contribution in [3.63, 3.8) is 0 Å². The molecule has 0 unspecified atom stereocenters. The van der Waals surface area contributed by atoms with Gasteiger partial charge in [-0.3, -0.25) is 4.79 Å². The van der Waals surface area contributed by atoms with Gasteiger partial charge in [0.25, 0.3) is 0 Å². The van der Waals surface area contributed by atoms with Crippen LogP contribution >= 0.6 is 0 Å². The normalized spacial score (nSPS) is 10.0. The number of carbonyl (C=O) groups is 3. The van der Waals surface area contributed by atoms with Gasteiger partial charge in [0.15, 0.2) is 5.69 Å². The largest absolute Gasteiger partial charge is 0.480 e. The molecule has 0 aliphatic carbocycles. The number of ether oxygens (including phenoxy) is 2. The minimum atomic E-state index is -1.19. The Morgan fingerprint density at radius 1 is 1.21 bits per heavy atom. The summed E-state index contributed by atoms with van der Waals surface area (Å²) >= 11 is 0. The molecule has 19 heavy (non-hydrogen) atoms. The predicted octanol–water partition coefficient (Wildman–Crippen LogP) is 0.321. The van der Waals surface area contributed by atoms with Gasteiger partial charge in [0, 0.05) is 6.07 Å². The van der Waals surface area contributed by atoms with Crippen molar-refractivity contribution in [2.75, 3.05) is 13.2 Å². The van der Waals surface area contributed by atoms with Gasteiger partial charge in [0.05, 0.1) is 13.2 Å². The molecule has 0 radical (unpaired) electrons. The van der Waals surface area contributed by atoms with Gasteiger partial charge >= 0.3 is 17.9 Å². The third-order valence-corrected chi connectivity index (χ3v) is 2.03. The molecule has 0 bridgehead atoms. The number of hydrogen-bond acceptors (Lipinski definition) is 6. The van der Waals surface area contributed by atoms with E-state index in [0.29, 0.717) is 0 Å². The van der Waals surface area contributed by atoms with Crippen LogP contribution in [0.15, 0.2) is 6.07 Å². The number of carboxylic acids is 1. The van der Waals surface area contributed by atoms with E-state index in [0.717, 1.165) is 10.7 Å². The van der Waals surface area contributed by atoms with E-state index in [4.69, 9.17) is 14.6 Å². The van der Waals surface area contributed by atoms with Crippen molar-refractivity contribution in [2.45, 2.75) is 20.4 Å². The molecule has 1 N–H and O–H groups in total. The first-order chi connectivity index (χ1) is 8.99. The number of aromatic nitrogens is 2. The van der Waals surface area contributed by atoms with E-state index < -0.39 is 24.5 Å². The standard InChI is InChI=1S/C11H14N2O6/c1-3-18-10(16)7-5-8(11(17)19-4-2)13(12-7)6-9(14)15/h5H,3-4,6H2,1-2H3,(H,14,15). The summed E-state index contributed by atoms with van der Waals surface area (Å²) in [4.78, 5) is 33.8. The second-order valence-electron chi connectivity index (χ2n) is 3.41. The summed E-state index contributed by atoms with van der Waals surface area (Å²) in [5.74, 6) is -2.66. The third kappa shape index (κ3) is 3.80. The number of carbonyl (C=O) groups excluding carboxylic acids is 2. The maximum Gasteiger partial charge on any atom is 0.358 e. The molecule has 0 aliphatic heterocycles. The Morgan fingerprint density at radius 2 is 1.79 bits per heavy atom. The number of esters is 2. The highest BCUT2D eigenvalue weighted by Gasteiger charge is 2.21. The first-order valence-corrected chi connectivity index (χ1v) is 5.63. The molecular weight excluding hydrogens is 256 g/mol. The summed E-state index contributed by atoms with van der Waals surface area (Å²) in [5, 5.41) is 12.5. The van der Waals surface area contributed by atoms with Gasteiger partial charge in [0.2, 0.25) is 0 Å². The van der Waals surface area contributed by atoms with Crippen molar-refractivity contribution in [3.8, 4) is 0 Å². The number of hydrogen-bond donors (Lipinski definition) is 1. The van der Waals surface area contributed by atoms with Crippen molar-refractivity contribution in [3.05, 3.63) is 17.5 Å². The van der Waals surface area contributed by atoms with Gasteiger partial charge in [0.1, 0.15) is 12.2 Å². The average molecular weight is 270 g/mol. The van der Waals surface area contributed by atoms with E-state index in [9.17, 15) is 14.4 Å². The molecule has 104 valence electrons. The number of aliphatic carboxylic acids is 1. The van der Waals surface area contributed by atoms with Crippen molar-refractivity contribution in [1.29, 1.82) is 0 Å². The molecule has 0 aliphatic rings. The molecule has 0 saturated heterocycles. The van der Waals surface area contributed by atoms with Gasteiger partial charge in [-0.2, -0.15) is 5.10 Å². The fourth-order valence-corrected chi connectivity index (χ4v) is 1.34. The van der Waals surface area contributed by atoms with E-state index in [1.165, 1.54) is 0 Å². The predicted molar refractivity (Wildman–Crippen MR) is 61.8 cm³/mol. The number of nitrogens with zero attached hydrogens (tertiary/aromatic N) is 2. The van der Waals surface area contributed by atoms with E-state index in [1.807, 2.05) is 0 Å². The molecule has 1 aromatic rings. The van der Waals surface area contributed by atoms with Gasteiger partial charge in [-0.25, -0.2) is 14.3 Å². The highest BCUT2D eigenvalue weighted by atomic mass is 16.5. The zero-order valence-electron chi connectivity index (χ0n) is 10.6. The molecule has 1 rings (SSSR count). The molecule has 1 heterocycles. The fourth-order valence-electron chi connectivity index (χ4n) is 1.34. The zero-order chi connectivity index (χ0) is 14.4. The minimum Gasteiger partial charge on any atom is -0.480 e. The topological polar surface area (TPSA) is 108 Å². The Kier molecular flexibility index (Phi) is 5.04. The molecular formula is C11H14N2O6. The van der Waals surface area contributed by atoms with Crippen molar-refractivity contribution < 1.29 is 29.0 Å². The second kappa shape index (κ2) is 6.53. The maximum absolute atomic E-state index is 11.6. The smallest absolute Gasteiger partial charge is 0.358 e. The highest BCUT2D eigenvalue weighted by molar-refractivity contribution is 5.93. The zero-order valence-corrected chi connectivity index (χ0v) is 10.6.